The first kappa shape index (κ1) is 11.7. The number of hydrogen-bond donors (Lipinski definition) is 0. The predicted molar refractivity (Wildman–Crippen MR) is 69.6 cm³/mol. The standard InChI is InChI=1S/C13H8N4OS/c1-8-16-17-13(18-8)19-12-10(7-14)6-9-4-2-3-5-11(9)15-12/h2-6H,1H3. The molecule has 3 aromatic rings. The van der Waals surface area contributed by atoms with Gasteiger partial charge in [-0.05, 0) is 23.9 Å². The molecule has 0 unspecified atom stereocenters. The lowest BCUT2D eigenvalue weighted by Gasteiger charge is -2.02. The number of rotatable bonds is 2. The van der Waals surface area contributed by atoms with Crippen LogP contribution in [0.2, 0.25) is 0 Å². The van der Waals surface area contributed by atoms with Crippen molar-refractivity contribution in [2.75, 3.05) is 0 Å². The van der Waals surface area contributed by atoms with E-state index in [9.17, 15) is 5.26 Å². The van der Waals surface area contributed by atoms with E-state index in [4.69, 9.17) is 4.42 Å². The Morgan fingerprint density at radius 1 is 1.26 bits per heavy atom. The molecule has 0 atom stereocenters. The highest BCUT2D eigenvalue weighted by Gasteiger charge is 2.12. The number of hydrogen-bond acceptors (Lipinski definition) is 6. The molecule has 1 aromatic carbocycles. The van der Waals surface area contributed by atoms with Gasteiger partial charge in [-0.2, -0.15) is 5.26 Å². The zero-order valence-electron chi connectivity index (χ0n) is 9.99. The number of nitriles is 1. The minimum absolute atomic E-state index is 0.386. The van der Waals surface area contributed by atoms with Crippen molar-refractivity contribution in [1.29, 1.82) is 5.26 Å². The maximum absolute atomic E-state index is 9.19. The van der Waals surface area contributed by atoms with Crippen LogP contribution in [-0.2, 0) is 0 Å². The monoisotopic (exact) mass is 268 g/mol. The maximum atomic E-state index is 9.19. The Labute approximate surface area is 113 Å². The number of aryl methyl sites for hydroxylation is 1. The average molecular weight is 268 g/mol. The van der Waals surface area contributed by atoms with Gasteiger partial charge in [-0.3, -0.25) is 0 Å². The molecule has 3 rings (SSSR count). The van der Waals surface area contributed by atoms with Gasteiger partial charge in [0.15, 0.2) is 0 Å². The van der Waals surface area contributed by atoms with Gasteiger partial charge in [0, 0.05) is 12.3 Å². The zero-order valence-corrected chi connectivity index (χ0v) is 10.8. The van der Waals surface area contributed by atoms with Gasteiger partial charge in [0.05, 0.1) is 11.1 Å². The normalized spacial score (nSPS) is 10.5. The number of pyridine rings is 1. The third kappa shape index (κ3) is 2.28. The third-order valence-corrected chi connectivity index (χ3v) is 3.35. The molecule has 92 valence electrons. The van der Waals surface area contributed by atoms with E-state index in [0.29, 0.717) is 21.7 Å². The van der Waals surface area contributed by atoms with Crippen molar-refractivity contribution < 1.29 is 4.42 Å². The van der Waals surface area contributed by atoms with E-state index in [2.05, 4.69) is 21.3 Å². The number of fused-ring (bicyclic) bond motifs is 1. The van der Waals surface area contributed by atoms with E-state index in [0.717, 1.165) is 10.9 Å². The van der Waals surface area contributed by atoms with Crippen molar-refractivity contribution in [2.45, 2.75) is 17.2 Å². The smallest absolute Gasteiger partial charge is 0.282 e. The second kappa shape index (κ2) is 4.71. The van der Waals surface area contributed by atoms with Crippen LogP contribution in [0.25, 0.3) is 10.9 Å². The van der Waals surface area contributed by atoms with Gasteiger partial charge in [0.1, 0.15) is 11.1 Å². The molecule has 0 aliphatic heterocycles. The number of nitrogens with zero attached hydrogens (tertiary/aromatic N) is 4. The molecule has 5 nitrogen and oxygen atoms in total. The van der Waals surface area contributed by atoms with Crippen LogP contribution in [0, 0.1) is 18.3 Å². The van der Waals surface area contributed by atoms with Gasteiger partial charge < -0.3 is 4.42 Å². The minimum Gasteiger partial charge on any atom is -0.416 e. The fraction of sp³-hybridized carbons (Fsp3) is 0.0769. The topological polar surface area (TPSA) is 75.6 Å². The predicted octanol–water partition coefficient (Wildman–Crippen LogP) is 2.95. The molecular formula is C13H8N4OS. The largest absolute Gasteiger partial charge is 0.416 e. The van der Waals surface area contributed by atoms with Gasteiger partial charge in [-0.25, -0.2) is 4.98 Å². The Bertz CT molecular complexity index is 791. The molecule has 0 fully saturated rings. The van der Waals surface area contributed by atoms with Gasteiger partial charge in [0.25, 0.3) is 5.22 Å². The zero-order chi connectivity index (χ0) is 13.2. The summed E-state index contributed by atoms with van der Waals surface area (Å²) in [4.78, 5) is 4.46. The fourth-order valence-corrected chi connectivity index (χ4v) is 2.43. The van der Waals surface area contributed by atoms with Crippen LogP contribution < -0.4 is 0 Å². The number of para-hydroxylation sites is 1. The fourth-order valence-electron chi connectivity index (χ4n) is 1.66. The van der Waals surface area contributed by atoms with Crippen LogP contribution in [0.3, 0.4) is 0 Å². The highest BCUT2D eigenvalue weighted by atomic mass is 32.2. The molecule has 2 heterocycles. The summed E-state index contributed by atoms with van der Waals surface area (Å²) >= 11 is 1.20. The molecule has 0 amide bonds. The van der Waals surface area contributed by atoms with E-state index in [-0.39, 0.29) is 0 Å². The van der Waals surface area contributed by atoms with E-state index in [1.54, 1.807) is 6.92 Å². The quantitative estimate of drug-likeness (QED) is 0.711. The molecule has 0 N–H and O–H groups in total. The first-order valence-electron chi connectivity index (χ1n) is 5.54. The van der Waals surface area contributed by atoms with E-state index < -0.39 is 0 Å². The molecule has 0 spiro atoms. The minimum atomic E-state index is 0.386. The lowest BCUT2D eigenvalue weighted by molar-refractivity contribution is 0.429. The summed E-state index contributed by atoms with van der Waals surface area (Å²) in [5.41, 5.74) is 1.33. The summed E-state index contributed by atoms with van der Waals surface area (Å²) in [5, 5.41) is 18.7. The Balaban J connectivity index is 2.09. The molecule has 19 heavy (non-hydrogen) atoms. The van der Waals surface area contributed by atoms with Crippen LogP contribution in [0.1, 0.15) is 11.5 Å². The van der Waals surface area contributed by atoms with Gasteiger partial charge in [-0.15, -0.1) is 10.2 Å². The Hall–Kier alpha value is -2.39. The molecular weight excluding hydrogens is 260 g/mol. The molecule has 0 aliphatic rings. The summed E-state index contributed by atoms with van der Waals surface area (Å²) in [6, 6.07) is 11.6. The van der Waals surface area contributed by atoms with Gasteiger partial charge >= 0.3 is 0 Å². The van der Waals surface area contributed by atoms with Crippen LogP contribution in [0.5, 0.6) is 0 Å². The van der Waals surface area contributed by atoms with Crippen molar-refractivity contribution in [3.05, 3.63) is 41.8 Å². The molecule has 0 aliphatic carbocycles. The van der Waals surface area contributed by atoms with Crippen LogP contribution in [0.15, 0.2) is 45.0 Å². The SMILES string of the molecule is Cc1nnc(Sc2nc3ccccc3cc2C#N)o1. The molecule has 0 saturated carbocycles. The molecule has 0 bridgehead atoms. The summed E-state index contributed by atoms with van der Waals surface area (Å²) in [5.74, 6) is 0.488. The summed E-state index contributed by atoms with van der Waals surface area (Å²) in [7, 11) is 0. The first-order chi connectivity index (χ1) is 9.26. The number of aromatic nitrogens is 3. The molecule has 6 heteroatoms. The first-order valence-corrected chi connectivity index (χ1v) is 6.36. The Morgan fingerprint density at radius 2 is 2.11 bits per heavy atom. The summed E-state index contributed by atoms with van der Waals surface area (Å²) in [6.45, 7) is 1.72. The third-order valence-electron chi connectivity index (χ3n) is 2.50. The highest BCUT2D eigenvalue weighted by Crippen LogP contribution is 2.29. The van der Waals surface area contributed by atoms with Crippen LogP contribution in [0.4, 0.5) is 0 Å². The van der Waals surface area contributed by atoms with Gasteiger partial charge in [-0.1, -0.05) is 18.2 Å². The molecule has 0 saturated heterocycles. The van der Waals surface area contributed by atoms with Crippen LogP contribution >= 0.6 is 11.8 Å². The Morgan fingerprint density at radius 3 is 2.84 bits per heavy atom. The second-order valence-corrected chi connectivity index (χ2v) is 4.77. The van der Waals surface area contributed by atoms with Crippen molar-refractivity contribution in [2.24, 2.45) is 0 Å². The number of benzene rings is 1. The van der Waals surface area contributed by atoms with Crippen molar-refractivity contribution >= 4 is 22.7 Å². The average Bonchev–Trinajstić information content (AvgIpc) is 2.83. The Kier molecular flexibility index (Phi) is 2.89. The highest BCUT2D eigenvalue weighted by molar-refractivity contribution is 7.99. The van der Waals surface area contributed by atoms with Crippen molar-refractivity contribution in [1.82, 2.24) is 15.2 Å². The van der Waals surface area contributed by atoms with Crippen molar-refractivity contribution in [3.8, 4) is 6.07 Å². The summed E-state index contributed by atoms with van der Waals surface area (Å²) < 4.78 is 5.29. The van der Waals surface area contributed by atoms with Gasteiger partial charge in [0.2, 0.25) is 5.89 Å². The lowest BCUT2D eigenvalue weighted by Crippen LogP contribution is -1.89. The molecule has 0 radical (unpaired) electrons. The second-order valence-electron chi connectivity index (χ2n) is 3.83. The summed E-state index contributed by atoms with van der Waals surface area (Å²) in [6.07, 6.45) is 0. The van der Waals surface area contributed by atoms with Crippen LogP contribution in [-0.4, -0.2) is 15.2 Å². The van der Waals surface area contributed by atoms with E-state index in [1.807, 2.05) is 30.3 Å². The maximum Gasteiger partial charge on any atom is 0.282 e. The van der Waals surface area contributed by atoms with Crippen molar-refractivity contribution in [3.63, 3.8) is 0 Å². The van der Waals surface area contributed by atoms with E-state index >= 15 is 0 Å². The molecule has 2 aromatic heterocycles. The van der Waals surface area contributed by atoms with E-state index in [1.165, 1.54) is 11.8 Å². The lowest BCUT2D eigenvalue weighted by atomic mass is 10.2.